The summed E-state index contributed by atoms with van der Waals surface area (Å²) in [5.74, 6) is -1.83. The summed E-state index contributed by atoms with van der Waals surface area (Å²) in [6.45, 7) is 3.76. The molecule has 1 saturated heterocycles. The van der Waals surface area contributed by atoms with Gasteiger partial charge in [0.15, 0.2) is 5.82 Å². The summed E-state index contributed by atoms with van der Waals surface area (Å²) in [6.07, 6.45) is -3.99. The second-order valence-electron chi connectivity index (χ2n) is 3.73. The van der Waals surface area contributed by atoms with E-state index in [1.807, 2.05) is 30.2 Å². The van der Waals surface area contributed by atoms with Gasteiger partial charge in [-0.25, -0.2) is 14.8 Å². The van der Waals surface area contributed by atoms with E-state index in [-0.39, 0.29) is 0 Å². The number of anilines is 1. The number of aromatic nitrogens is 1. The number of nitrogens with zero attached hydrogens (tertiary/aromatic N) is 2. The van der Waals surface area contributed by atoms with Crippen molar-refractivity contribution in [3.8, 4) is 0 Å². The molecule has 0 spiro atoms. The van der Waals surface area contributed by atoms with E-state index in [1.165, 1.54) is 0 Å². The highest BCUT2D eigenvalue weighted by atomic mass is 19.4. The summed E-state index contributed by atoms with van der Waals surface area (Å²) in [7, 11) is 0. The summed E-state index contributed by atoms with van der Waals surface area (Å²) in [6, 6.07) is 5.96. The van der Waals surface area contributed by atoms with Crippen LogP contribution in [0, 0.1) is 6.92 Å². The fraction of sp³-hybridized carbons (Fsp3) is 0.455. The summed E-state index contributed by atoms with van der Waals surface area (Å²) >= 11 is 0. The Hall–Kier alpha value is -1.83. The lowest BCUT2D eigenvalue weighted by molar-refractivity contribution is -0.192. The van der Waals surface area contributed by atoms with Gasteiger partial charge in [-0.2, -0.15) is 13.2 Å². The predicted molar refractivity (Wildman–Crippen MR) is 60.6 cm³/mol. The Bertz CT molecular complexity index is 431. The maximum absolute atomic E-state index is 10.6. The van der Waals surface area contributed by atoms with Crippen LogP contribution in [-0.2, 0) is 9.63 Å². The number of carboxylic acid groups (broad SMARTS) is 1. The molecule has 106 valence electrons. The number of alkyl halides is 3. The van der Waals surface area contributed by atoms with Crippen LogP contribution in [-0.4, -0.2) is 35.4 Å². The molecule has 0 atom stereocenters. The Kier molecular flexibility index (Phi) is 5.11. The molecule has 2 rings (SSSR count). The third-order valence-corrected chi connectivity index (χ3v) is 2.12. The SMILES string of the molecule is Cc1cccc(N2CCCO2)n1.O=C(O)C(F)(F)F. The molecule has 0 saturated carbocycles. The van der Waals surface area contributed by atoms with Crippen molar-refractivity contribution in [1.29, 1.82) is 0 Å². The normalized spacial score (nSPS) is 14.8. The molecule has 1 aromatic heterocycles. The number of hydrogen-bond donors (Lipinski definition) is 1. The zero-order valence-electron chi connectivity index (χ0n) is 10.1. The van der Waals surface area contributed by atoms with Crippen LogP contribution in [0.3, 0.4) is 0 Å². The van der Waals surface area contributed by atoms with Gasteiger partial charge in [-0.1, -0.05) is 6.07 Å². The zero-order chi connectivity index (χ0) is 14.5. The maximum Gasteiger partial charge on any atom is 0.490 e. The molecule has 0 amide bonds. The first kappa shape index (κ1) is 15.2. The van der Waals surface area contributed by atoms with Crippen molar-refractivity contribution in [2.75, 3.05) is 18.2 Å². The summed E-state index contributed by atoms with van der Waals surface area (Å²) in [4.78, 5) is 18.6. The Labute approximate surface area is 107 Å². The van der Waals surface area contributed by atoms with Gasteiger partial charge in [0, 0.05) is 12.2 Å². The van der Waals surface area contributed by atoms with Crippen molar-refractivity contribution in [1.82, 2.24) is 4.98 Å². The van der Waals surface area contributed by atoms with E-state index in [0.29, 0.717) is 0 Å². The van der Waals surface area contributed by atoms with Gasteiger partial charge in [0.25, 0.3) is 0 Å². The van der Waals surface area contributed by atoms with Crippen LogP contribution in [0.15, 0.2) is 18.2 Å². The Morgan fingerprint density at radius 3 is 2.53 bits per heavy atom. The lowest BCUT2D eigenvalue weighted by Gasteiger charge is -2.14. The van der Waals surface area contributed by atoms with Gasteiger partial charge in [0.05, 0.1) is 6.61 Å². The van der Waals surface area contributed by atoms with Gasteiger partial charge in [0.2, 0.25) is 0 Å². The van der Waals surface area contributed by atoms with Crippen LogP contribution >= 0.6 is 0 Å². The first-order valence-corrected chi connectivity index (χ1v) is 5.45. The molecule has 0 aromatic carbocycles. The average Bonchev–Trinajstić information content (AvgIpc) is 2.81. The van der Waals surface area contributed by atoms with Gasteiger partial charge < -0.3 is 5.11 Å². The number of pyridine rings is 1. The summed E-state index contributed by atoms with van der Waals surface area (Å²) in [5.41, 5.74) is 1.03. The lowest BCUT2D eigenvalue weighted by Crippen LogP contribution is -2.21. The number of rotatable bonds is 1. The molecule has 19 heavy (non-hydrogen) atoms. The van der Waals surface area contributed by atoms with Crippen LogP contribution in [0.1, 0.15) is 12.1 Å². The van der Waals surface area contributed by atoms with Crippen LogP contribution in [0.5, 0.6) is 0 Å². The third-order valence-electron chi connectivity index (χ3n) is 2.12. The van der Waals surface area contributed by atoms with Gasteiger partial charge >= 0.3 is 12.1 Å². The first-order chi connectivity index (χ1) is 8.80. The van der Waals surface area contributed by atoms with Gasteiger partial charge in [-0.05, 0) is 25.5 Å². The Morgan fingerprint density at radius 1 is 1.47 bits per heavy atom. The van der Waals surface area contributed by atoms with E-state index < -0.39 is 12.1 Å². The molecule has 2 heterocycles. The van der Waals surface area contributed by atoms with Crippen LogP contribution in [0.4, 0.5) is 19.0 Å². The molecule has 1 aliphatic heterocycles. The number of aryl methyl sites for hydroxylation is 1. The molecule has 1 aliphatic rings. The minimum Gasteiger partial charge on any atom is -0.475 e. The van der Waals surface area contributed by atoms with E-state index in [1.54, 1.807) is 0 Å². The third kappa shape index (κ3) is 5.12. The maximum atomic E-state index is 10.6. The second-order valence-corrected chi connectivity index (χ2v) is 3.73. The van der Waals surface area contributed by atoms with Crippen molar-refractivity contribution in [3.63, 3.8) is 0 Å². The van der Waals surface area contributed by atoms with Crippen molar-refractivity contribution >= 4 is 11.8 Å². The lowest BCUT2D eigenvalue weighted by atomic mass is 10.3. The van der Waals surface area contributed by atoms with Crippen molar-refractivity contribution in [2.45, 2.75) is 19.5 Å². The van der Waals surface area contributed by atoms with Crippen molar-refractivity contribution in [2.24, 2.45) is 0 Å². The smallest absolute Gasteiger partial charge is 0.475 e. The van der Waals surface area contributed by atoms with Gasteiger partial charge in [0.1, 0.15) is 0 Å². The molecule has 1 aromatic rings. The van der Waals surface area contributed by atoms with Gasteiger partial charge in [-0.3, -0.25) is 4.84 Å². The highest BCUT2D eigenvalue weighted by Crippen LogP contribution is 2.16. The van der Waals surface area contributed by atoms with Crippen LogP contribution < -0.4 is 5.06 Å². The molecule has 1 N–H and O–H groups in total. The van der Waals surface area contributed by atoms with Crippen LogP contribution in [0.2, 0.25) is 0 Å². The Balaban J connectivity index is 0.000000224. The molecule has 0 bridgehead atoms. The average molecular weight is 278 g/mol. The number of hydrogen-bond acceptors (Lipinski definition) is 4. The molecular formula is C11H13F3N2O3. The highest BCUT2D eigenvalue weighted by molar-refractivity contribution is 5.73. The van der Waals surface area contributed by atoms with Crippen LogP contribution in [0.25, 0.3) is 0 Å². The quantitative estimate of drug-likeness (QED) is 0.853. The molecule has 1 fully saturated rings. The van der Waals surface area contributed by atoms with Crippen molar-refractivity contribution < 1.29 is 27.9 Å². The van der Waals surface area contributed by atoms with Gasteiger partial charge in [-0.15, -0.1) is 0 Å². The number of hydroxylamine groups is 1. The minimum absolute atomic E-state index is 0.815. The summed E-state index contributed by atoms with van der Waals surface area (Å²) < 4.78 is 31.7. The standard InChI is InChI=1S/C9H12N2O.C2HF3O2/c1-8-4-2-5-9(10-8)11-6-3-7-12-11;3-2(4,5)1(6)7/h2,4-5H,3,6-7H2,1H3;(H,6,7). The van der Waals surface area contributed by atoms with E-state index in [0.717, 1.165) is 31.1 Å². The minimum atomic E-state index is -5.08. The Morgan fingerprint density at radius 2 is 2.11 bits per heavy atom. The van der Waals surface area contributed by atoms with Crippen molar-refractivity contribution in [3.05, 3.63) is 23.9 Å². The molecule has 0 radical (unpaired) electrons. The molecular weight excluding hydrogens is 265 g/mol. The monoisotopic (exact) mass is 278 g/mol. The number of carbonyl (C=O) groups is 1. The first-order valence-electron chi connectivity index (χ1n) is 5.45. The van der Waals surface area contributed by atoms with E-state index in [2.05, 4.69) is 4.98 Å². The number of aliphatic carboxylic acids is 1. The fourth-order valence-electron chi connectivity index (χ4n) is 1.30. The molecule has 8 heteroatoms. The topological polar surface area (TPSA) is 62.7 Å². The largest absolute Gasteiger partial charge is 0.490 e. The second kappa shape index (κ2) is 6.37. The number of carboxylic acids is 1. The highest BCUT2D eigenvalue weighted by Gasteiger charge is 2.38. The van der Waals surface area contributed by atoms with E-state index >= 15 is 0 Å². The number of halogens is 3. The van der Waals surface area contributed by atoms with E-state index in [9.17, 15) is 13.2 Å². The fourth-order valence-corrected chi connectivity index (χ4v) is 1.30. The summed E-state index contributed by atoms with van der Waals surface area (Å²) in [5, 5.41) is 8.98. The molecule has 0 unspecified atom stereocenters. The molecule has 5 nitrogen and oxygen atoms in total. The zero-order valence-corrected chi connectivity index (χ0v) is 10.1. The molecule has 0 aliphatic carbocycles. The predicted octanol–water partition coefficient (Wildman–Crippen LogP) is 2.17. The van der Waals surface area contributed by atoms with E-state index in [4.69, 9.17) is 14.7 Å².